The average Bonchev–Trinajstić information content (AvgIpc) is 2.33. The number of carbonyl (C=O) groups is 1. The first-order valence-electron chi connectivity index (χ1n) is 6.37. The molecule has 1 amide bonds. The molecule has 106 valence electrons. The minimum atomic E-state index is -0.275. The first-order chi connectivity index (χ1) is 9.02. The van der Waals surface area contributed by atoms with E-state index in [1.807, 2.05) is 6.92 Å². The van der Waals surface area contributed by atoms with Gasteiger partial charge in [-0.05, 0) is 13.3 Å². The lowest BCUT2D eigenvalue weighted by molar-refractivity contribution is -0.120. The summed E-state index contributed by atoms with van der Waals surface area (Å²) >= 11 is 1.25. The molecule has 1 aromatic heterocycles. The lowest BCUT2D eigenvalue weighted by Gasteiger charge is -2.11. The largest absolute Gasteiger partial charge is 0.383 e. The Balaban J connectivity index is 2.44. The van der Waals surface area contributed by atoms with Crippen LogP contribution in [0.25, 0.3) is 0 Å². The molecule has 0 bridgehead atoms. The topological polar surface area (TPSA) is 107 Å². The van der Waals surface area contributed by atoms with Crippen LogP contribution in [0.15, 0.2) is 11.2 Å². The Morgan fingerprint density at radius 2 is 2.00 bits per heavy atom. The van der Waals surface area contributed by atoms with Gasteiger partial charge in [-0.3, -0.25) is 4.79 Å². The fourth-order valence-corrected chi connectivity index (χ4v) is 2.28. The van der Waals surface area contributed by atoms with Crippen LogP contribution in [0.4, 0.5) is 11.6 Å². The van der Waals surface area contributed by atoms with Crippen molar-refractivity contribution in [3.05, 3.63) is 6.07 Å². The molecule has 0 saturated heterocycles. The van der Waals surface area contributed by atoms with Crippen LogP contribution in [0.5, 0.6) is 0 Å². The van der Waals surface area contributed by atoms with E-state index in [0.29, 0.717) is 23.3 Å². The summed E-state index contributed by atoms with van der Waals surface area (Å²) in [5.41, 5.74) is 11.2. The maximum absolute atomic E-state index is 11.8. The van der Waals surface area contributed by atoms with Crippen LogP contribution in [-0.2, 0) is 4.79 Å². The maximum atomic E-state index is 11.8. The van der Waals surface area contributed by atoms with Crippen LogP contribution in [0, 0.1) is 0 Å². The molecule has 1 atom stereocenters. The lowest BCUT2D eigenvalue weighted by Crippen LogP contribution is -2.31. The molecule has 1 rings (SSSR count). The number of hydrogen-bond donors (Lipinski definition) is 3. The number of aromatic nitrogens is 2. The number of nitrogens with two attached hydrogens (primary N) is 2. The molecular formula is C12H21N5OS. The number of rotatable bonds is 7. The van der Waals surface area contributed by atoms with Gasteiger partial charge in [0, 0.05) is 12.6 Å². The summed E-state index contributed by atoms with van der Waals surface area (Å²) in [6.07, 6.45) is 3.26. The van der Waals surface area contributed by atoms with Crippen molar-refractivity contribution in [1.82, 2.24) is 15.3 Å². The minimum Gasteiger partial charge on any atom is -0.383 e. The molecule has 7 heteroatoms. The summed E-state index contributed by atoms with van der Waals surface area (Å²) in [5.74, 6) is 0.599. The van der Waals surface area contributed by atoms with Crippen molar-refractivity contribution in [1.29, 1.82) is 0 Å². The third-order valence-corrected chi connectivity index (χ3v) is 3.44. The van der Waals surface area contributed by atoms with Crippen LogP contribution < -0.4 is 16.8 Å². The summed E-state index contributed by atoms with van der Waals surface area (Å²) in [6, 6.07) is 1.49. The number of amides is 1. The first kappa shape index (κ1) is 15.6. The molecule has 1 heterocycles. The highest BCUT2D eigenvalue weighted by Crippen LogP contribution is 2.21. The number of nitrogen functional groups attached to an aromatic ring is 2. The number of nitrogens with zero attached hydrogens (tertiary/aromatic N) is 2. The van der Waals surface area contributed by atoms with Gasteiger partial charge in [0.05, 0.1) is 5.25 Å². The smallest absolute Gasteiger partial charge is 0.233 e. The van der Waals surface area contributed by atoms with Gasteiger partial charge in [0.15, 0.2) is 5.16 Å². The lowest BCUT2D eigenvalue weighted by atomic mass is 10.2. The number of thioether (sulfide) groups is 1. The van der Waals surface area contributed by atoms with Gasteiger partial charge in [-0.15, -0.1) is 0 Å². The number of anilines is 2. The van der Waals surface area contributed by atoms with E-state index in [1.165, 1.54) is 17.8 Å². The third-order valence-electron chi connectivity index (χ3n) is 2.48. The van der Waals surface area contributed by atoms with E-state index < -0.39 is 0 Å². The predicted octanol–water partition coefficient (Wildman–Crippen LogP) is 1.43. The fraction of sp³-hybridized carbons (Fsp3) is 0.583. The van der Waals surface area contributed by atoms with Gasteiger partial charge in [0.2, 0.25) is 5.91 Å². The van der Waals surface area contributed by atoms with Crippen molar-refractivity contribution in [3.63, 3.8) is 0 Å². The van der Waals surface area contributed by atoms with Crippen molar-refractivity contribution in [2.45, 2.75) is 43.5 Å². The SMILES string of the molecule is CCCCCNC(=O)C(C)Sc1nc(N)cc(N)n1. The van der Waals surface area contributed by atoms with Crippen molar-refractivity contribution >= 4 is 29.3 Å². The van der Waals surface area contributed by atoms with Crippen LogP contribution >= 0.6 is 11.8 Å². The van der Waals surface area contributed by atoms with Crippen molar-refractivity contribution in [2.75, 3.05) is 18.0 Å². The number of unbranched alkanes of at least 4 members (excludes halogenated alkanes) is 2. The molecule has 5 N–H and O–H groups in total. The first-order valence-corrected chi connectivity index (χ1v) is 7.25. The van der Waals surface area contributed by atoms with E-state index in [1.54, 1.807) is 0 Å². The monoisotopic (exact) mass is 283 g/mol. The molecular weight excluding hydrogens is 262 g/mol. The standard InChI is InChI=1S/C12H21N5OS/c1-3-4-5-6-15-11(18)8(2)19-12-16-9(13)7-10(14)17-12/h7-8H,3-6H2,1-2H3,(H,15,18)(H4,13,14,16,17). The summed E-state index contributed by atoms with van der Waals surface area (Å²) in [5, 5.41) is 3.04. The summed E-state index contributed by atoms with van der Waals surface area (Å²) in [4.78, 5) is 19.9. The van der Waals surface area contributed by atoms with Gasteiger partial charge in [0.1, 0.15) is 11.6 Å². The Morgan fingerprint density at radius 3 is 2.58 bits per heavy atom. The van der Waals surface area contributed by atoms with Gasteiger partial charge in [-0.1, -0.05) is 31.5 Å². The van der Waals surface area contributed by atoms with Crippen molar-refractivity contribution in [2.24, 2.45) is 0 Å². The second-order valence-electron chi connectivity index (χ2n) is 4.26. The Kier molecular flexibility index (Phi) is 6.41. The van der Waals surface area contributed by atoms with Gasteiger partial charge in [-0.2, -0.15) is 0 Å². The second kappa shape index (κ2) is 7.83. The molecule has 19 heavy (non-hydrogen) atoms. The van der Waals surface area contributed by atoms with Crippen molar-refractivity contribution < 1.29 is 4.79 Å². The Morgan fingerprint density at radius 1 is 1.37 bits per heavy atom. The summed E-state index contributed by atoms with van der Waals surface area (Å²) in [7, 11) is 0. The summed E-state index contributed by atoms with van der Waals surface area (Å²) in [6.45, 7) is 4.64. The van der Waals surface area contributed by atoms with Crippen LogP contribution in [-0.4, -0.2) is 27.7 Å². The maximum Gasteiger partial charge on any atom is 0.233 e. The Hall–Kier alpha value is -1.50. The van der Waals surface area contributed by atoms with Gasteiger partial charge in [-0.25, -0.2) is 9.97 Å². The van der Waals surface area contributed by atoms with E-state index in [-0.39, 0.29) is 11.2 Å². The summed E-state index contributed by atoms with van der Waals surface area (Å²) < 4.78 is 0. The van der Waals surface area contributed by atoms with E-state index in [0.717, 1.165) is 19.3 Å². The van der Waals surface area contributed by atoms with E-state index in [4.69, 9.17) is 11.5 Å². The highest BCUT2D eigenvalue weighted by Gasteiger charge is 2.15. The zero-order chi connectivity index (χ0) is 14.3. The minimum absolute atomic E-state index is 0.0225. The zero-order valence-electron chi connectivity index (χ0n) is 11.3. The molecule has 0 spiro atoms. The van der Waals surface area contributed by atoms with Gasteiger partial charge >= 0.3 is 0 Å². The molecule has 0 aliphatic carbocycles. The van der Waals surface area contributed by atoms with Gasteiger partial charge < -0.3 is 16.8 Å². The third kappa shape index (κ3) is 5.78. The quantitative estimate of drug-likeness (QED) is 0.397. The number of nitrogens with one attached hydrogen (secondary N) is 1. The molecule has 0 aliphatic heterocycles. The normalized spacial score (nSPS) is 12.1. The molecule has 1 aromatic rings. The number of carbonyl (C=O) groups excluding carboxylic acids is 1. The number of hydrogen-bond acceptors (Lipinski definition) is 6. The van der Waals surface area contributed by atoms with Crippen LogP contribution in [0.1, 0.15) is 33.1 Å². The van der Waals surface area contributed by atoms with Crippen LogP contribution in [0.3, 0.4) is 0 Å². The molecule has 0 aliphatic rings. The predicted molar refractivity (Wildman–Crippen MR) is 78.7 cm³/mol. The molecule has 0 radical (unpaired) electrons. The molecule has 0 aromatic carbocycles. The molecule has 6 nitrogen and oxygen atoms in total. The zero-order valence-corrected chi connectivity index (χ0v) is 12.2. The molecule has 0 fully saturated rings. The molecule has 0 saturated carbocycles. The van der Waals surface area contributed by atoms with E-state index in [2.05, 4.69) is 22.2 Å². The second-order valence-corrected chi connectivity index (χ2v) is 5.57. The highest BCUT2D eigenvalue weighted by atomic mass is 32.2. The fourth-order valence-electron chi connectivity index (χ4n) is 1.46. The van der Waals surface area contributed by atoms with Crippen molar-refractivity contribution in [3.8, 4) is 0 Å². The Labute approximate surface area is 117 Å². The van der Waals surface area contributed by atoms with E-state index >= 15 is 0 Å². The van der Waals surface area contributed by atoms with Crippen LogP contribution in [0.2, 0.25) is 0 Å². The Bertz CT molecular complexity index is 406. The molecule has 1 unspecified atom stereocenters. The van der Waals surface area contributed by atoms with E-state index in [9.17, 15) is 4.79 Å². The van der Waals surface area contributed by atoms with Gasteiger partial charge in [0.25, 0.3) is 0 Å². The highest BCUT2D eigenvalue weighted by molar-refractivity contribution is 8.00. The average molecular weight is 283 g/mol.